The summed E-state index contributed by atoms with van der Waals surface area (Å²) < 4.78 is 0. The maximum Gasteiger partial charge on any atom is 0.231 e. The van der Waals surface area contributed by atoms with Gasteiger partial charge in [0.25, 0.3) is 0 Å². The van der Waals surface area contributed by atoms with Crippen LogP contribution in [0.25, 0.3) is 11.4 Å². The molecule has 1 amide bonds. The van der Waals surface area contributed by atoms with Gasteiger partial charge < -0.3 is 5.32 Å². The third-order valence-electron chi connectivity index (χ3n) is 2.33. The Hall–Kier alpha value is -1.75. The zero-order chi connectivity index (χ0) is 13.2. The molecule has 2 aromatic rings. The maximum absolute atomic E-state index is 11.8. The molecule has 2 aromatic heterocycles. The van der Waals surface area contributed by atoms with Gasteiger partial charge in [-0.05, 0) is 12.1 Å². The Kier molecular flexibility index (Phi) is 3.43. The second-order valence-electron chi connectivity index (χ2n) is 4.96. The summed E-state index contributed by atoms with van der Waals surface area (Å²) in [4.78, 5) is 20.4. The van der Waals surface area contributed by atoms with E-state index in [1.807, 2.05) is 44.4 Å². The number of carbonyl (C=O) groups is 1. The van der Waals surface area contributed by atoms with Crippen LogP contribution in [0.2, 0.25) is 0 Å². The van der Waals surface area contributed by atoms with Crippen molar-refractivity contribution in [3.63, 3.8) is 0 Å². The standard InChI is InChI=1S/C13H15N3OS/c1-13(2,3)11(17)16-12-15-10(8-18-12)9-6-4-5-7-14-9/h4-8H,1-3H3,(H,15,16,17). The summed E-state index contributed by atoms with van der Waals surface area (Å²) >= 11 is 1.41. The Morgan fingerprint density at radius 2 is 2.06 bits per heavy atom. The Morgan fingerprint density at radius 3 is 2.67 bits per heavy atom. The fourth-order valence-electron chi connectivity index (χ4n) is 1.25. The molecule has 0 unspecified atom stereocenters. The predicted octanol–water partition coefficient (Wildman–Crippen LogP) is 3.19. The first-order chi connectivity index (χ1) is 8.47. The second-order valence-corrected chi connectivity index (χ2v) is 5.82. The highest BCUT2D eigenvalue weighted by molar-refractivity contribution is 7.14. The van der Waals surface area contributed by atoms with Crippen LogP contribution in [0.3, 0.4) is 0 Å². The van der Waals surface area contributed by atoms with E-state index >= 15 is 0 Å². The molecule has 94 valence electrons. The van der Waals surface area contributed by atoms with E-state index in [0.717, 1.165) is 11.4 Å². The van der Waals surface area contributed by atoms with E-state index in [2.05, 4.69) is 15.3 Å². The van der Waals surface area contributed by atoms with E-state index < -0.39 is 5.41 Å². The van der Waals surface area contributed by atoms with E-state index in [4.69, 9.17) is 0 Å². The summed E-state index contributed by atoms with van der Waals surface area (Å²) in [6.07, 6.45) is 1.72. The molecule has 0 aliphatic carbocycles. The van der Waals surface area contributed by atoms with Crippen molar-refractivity contribution < 1.29 is 4.79 Å². The summed E-state index contributed by atoms with van der Waals surface area (Å²) in [6, 6.07) is 5.66. The number of pyridine rings is 1. The van der Waals surface area contributed by atoms with Crippen molar-refractivity contribution in [3.8, 4) is 11.4 Å². The Balaban J connectivity index is 2.15. The lowest BCUT2D eigenvalue weighted by molar-refractivity contribution is -0.123. The second kappa shape index (κ2) is 4.86. The summed E-state index contributed by atoms with van der Waals surface area (Å²) in [7, 11) is 0. The van der Waals surface area contributed by atoms with Gasteiger partial charge in [0.1, 0.15) is 5.69 Å². The lowest BCUT2D eigenvalue weighted by Gasteiger charge is -2.15. The zero-order valence-electron chi connectivity index (χ0n) is 10.6. The van der Waals surface area contributed by atoms with Gasteiger partial charge >= 0.3 is 0 Å². The van der Waals surface area contributed by atoms with Gasteiger partial charge in [-0.1, -0.05) is 26.8 Å². The van der Waals surface area contributed by atoms with Gasteiger partial charge in [0.05, 0.1) is 5.69 Å². The minimum absolute atomic E-state index is 0.0376. The number of hydrogen-bond donors (Lipinski definition) is 1. The number of aromatic nitrogens is 2. The van der Waals surface area contributed by atoms with Crippen LogP contribution in [0.1, 0.15) is 20.8 Å². The van der Waals surface area contributed by atoms with Gasteiger partial charge in [-0.3, -0.25) is 9.78 Å². The zero-order valence-corrected chi connectivity index (χ0v) is 11.4. The molecule has 0 spiro atoms. The minimum Gasteiger partial charge on any atom is -0.302 e. The normalized spacial score (nSPS) is 11.3. The molecule has 0 aromatic carbocycles. The summed E-state index contributed by atoms with van der Waals surface area (Å²) in [6.45, 7) is 5.61. The molecule has 0 aliphatic rings. The number of nitrogens with one attached hydrogen (secondary N) is 1. The van der Waals surface area contributed by atoms with Gasteiger partial charge in [0, 0.05) is 17.0 Å². The molecule has 2 rings (SSSR count). The summed E-state index contributed by atoms with van der Waals surface area (Å²) in [5, 5.41) is 5.31. The predicted molar refractivity (Wildman–Crippen MR) is 73.4 cm³/mol. The van der Waals surface area contributed by atoms with Gasteiger partial charge in [-0.2, -0.15) is 0 Å². The van der Waals surface area contributed by atoms with E-state index in [1.54, 1.807) is 6.20 Å². The van der Waals surface area contributed by atoms with E-state index in [9.17, 15) is 4.79 Å². The Labute approximate surface area is 110 Å². The summed E-state index contributed by atoms with van der Waals surface area (Å²) in [5.74, 6) is -0.0376. The van der Waals surface area contributed by atoms with Crippen molar-refractivity contribution in [2.75, 3.05) is 5.32 Å². The SMILES string of the molecule is CC(C)(C)C(=O)Nc1nc(-c2ccccn2)cs1. The fourth-order valence-corrected chi connectivity index (χ4v) is 1.95. The lowest BCUT2D eigenvalue weighted by Crippen LogP contribution is -2.27. The molecular formula is C13H15N3OS. The molecular weight excluding hydrogens is 246 g/mol. The minimum atomic E-state index is -0.420. The van der Waals surface area contributed by atoms with Crippen molar-refractivity contribution >= 4 is 22.4 Å². The van der Waals surface area contributed by atoms with Gasteiger partial charge in [0.15, 0.2) is 5.13 Å². The molecule has 0 bridgehead atoms. The van der Waals surface area contributed by atoms with Crippen molar-refractivity contribution in [2.24, 2.45) is 5.41 Å². The molecule has 4 nitrogen and oxygen atoms in total. The Bertz CT molecular complexity index is 543. The van der Waals surface area contributed by atoms with Crippen LogP contribution in [0.15, 0.2) is 29.8 Å². The fraction of sp³-hybridized carbons (Fsp3) is 0.308. The third-order valence-corrected chi connectivity index (χ3v) is 3.09. The lowest BCUT2D eigenvalue weighted by atomic mass is 9.96. The molecule has 1 N–H and O–H groups in total. The van der Waals surface area contributed by atoms with Crippen LogP contribution in [0.4, 0.5) is 5.13 Å². The topological polar surface area (TPSA) is 54.9 Å². The highest BCUT2D eigenvalue weighted by Crippen LogP contribution is 2.24. The largest absolute Gasteiger partial charge is 0.302 e. The van der Waals surface area contributed by atoms with E-state index in [-0.39, 0.29) is 5.91 Å². The highest BCUT2D eigenvalue weighted by Gasteiger charge is 2.22. The van der Waals surface area contributed by atoms with Crippen molar-refractivity contribution in [2.45, 2.75) is 20.8 Å². The number of carbonyl (C=O) groups excluding carboxylic acids is 1. The molecule has 0 radical (unpaired) electrons. The highest BCUT2D eigenvalue weighted by atomic mass is 32.1. The molecule has 0 atom stereocenters. The number of rotatable bonds is 2. The molecule has 2 heterocycles. The molecule has 0 saturated carbocycles. The quantitative estimate of drug-likeness (QED) is 0.903. The van der Waals surface area contributed by atoms with E-state index in [0.29, 0.717) is 5.13 Å². The maximum atomic E-state index is 11.8. The van der Waals surface area contributed by atoms with Gasteiger partial charge in [-0.15, -0.1) is 11.3 Å². The molecule has 0 fully saturated rings. The molecule has 5 heteroatoms. The van der Waals surface area contributed by atoms with Crippen LogP contribution in [0, 0.1) is 5.41 Å². The number of hydrogen-bond acceptors (Lipinski definition) is 4. The van der Waals surface area contributed by atoms with E-state index in [1.165, 1.54) is 11.3 Å². The number of thiazole rings is 1. The third kappa shape index (κ3) is 2.92. The average Bonchev–Trinajstić information content (AvgIpc) is 2.77. The average molecular weight is 261 g/mol. The van der Waals surface area contributed by atoms with Crippen molar-refractivity contribution in [1.29, 1.82) is 0 Å². The monoisotopic (exact) mass is 261 g/mol. The van der Waals surface area contributed by atoms with Crippen LogP contribution in [0.5, 0.6) is 0 Å². The Morgan fingerprint density at radius 1 is 1.28 bits per heavy atom. The van der Waals surface area contributed by atoms with Crippen LogP contribution in [-0.2, 0) is 4.79 Å². The van der Waals surface area contributed by atoms with Gasteiger partial charge in [-0.25, -0.2) is 4.98 Å². The van der Waals surface area contributed by atoms with Crippen LogP contribution in [-0.4, -0.2) is 15.9 Å². The van der Waals surface area contributed by atoms with Gasteiger partial charge in [0.2, 0.25) is 5.91 Å². The number of amides is 1. The number of nitrogens with zero attached hydrogens (tertiary/aromatic N) is 2. The van der Waals surface area contributed by atoms with Crippen LogP contribution >= 0.6 is 11.3 Å². The molecule has 0 saturated heterocycles. The number of anilines is 1. The summed E-state index contributed by atoms with van der Waals surface area (Å²) in [5.41, 5.74) is 1.17. The smallest absolute Gasteiger partial charge is 0.231 e. The van der Waals surface area contributed by atoms with Crippen molar-refractivity contribution in [1.82, 2.24) is 9.97 Å². The first kappa shape index (κ1) is 12.7. The first-order valence-electron chi connectivity index (χ1n) is 5.65. The molecule has 0 aliphatic heterocycles. The van der Waals surface area contributed by atoms with Crippen LogP contribution < -0.4 is 5.32 Å². The first-order valence-corrected chi connectivity index (χ1v) is 6.53. The van der Waals surface area contributed by atoms with Crippen molar-refractivity contribution in [3.05, 3.63) is 29.8 Å². The molecule has 18 heavy (non-hydrogen) atoms.